The van der Waals surface area contributed by atoms with Crippen molar-refractivity contribution < 1.29 is 44.0 Å². The van der Waals surface area contributed by atoms with Crippen LogP contribution in [-0.4, -0.2) is 23.8 Å². The molecule has 0 aliphatic carbocycles. The van der Waals surface area contributed by atoms with Crippen LogP contribution in [0.4, 0.5) is 0 Å². The summed E-state index contributed by atoms with van der Waals surface area (Å²) in [6, 6.07) is -0.510. The molecule has 3 N–H and O–H groups in total. The van der Waals surface area contributed by atoms with Crippen LogP contribution in [0.1, 0.15) is 54.8 Å². The van der Waals surface area contributed by atoms with E-state index in [1.54, 1.807) is 6.08 Å². The van der Waals surface area contributed by atoms with Crippen molar-refractivity contribution in [3.63, 3.8) is 0 Å². The van der Waals surface area contributed by atoms with Crippen LogP contribution >= 0.6 is 0 Å². The van der Waals surface area contributed by atoms with Gasteiger partial charge < -0.3 is 7.16 Å². The Bertz CT molecular complexity index is 308. The van der Waals surface area contributed by atoms with E-state index in [9.17, 15) is 8.42 Å². The molecule has 0 spiro atoms. The Hall–Kier alpha value is 0.610. The third-order valence-electron chi connectivity index (χ3n) is 2.68. The molecule has 0 bridgehead atoms. The average Bonchev–Trinajstić information content (AvgIpc) is 2.17. The van der Waals surface area contributed by atoms with Gasteiger partial charge in [0.1, 0.15) is 4.75 Å². The van der Waals surface area contributed by atoms with Gasteiger partial charge in [-0.3, -0.25) is 4.55 Å². The van der Waals surface area contributed by atoms with E-state index in [1.807, 2.05) is 6.92 Å². The van der Waals surface area contributed by atoms with Crippen molar-refractivity contribution in [3.05, 3.63) is 12.7 Å². The fourth-order valence-corrected chi connectivity index (χ4v) is 1.65. The minimum Gasteiger partial charge on any atom is -1.00 e. The summed E-state index contributed by atoms with van der Waals surface area (Å²) in [6.45, 7) is 10.2. The van der Waals surface area contributed by atoms with Gasteiger partial charge in [-0.05, 0) is 27.2 Å². The second kappa shape index (κ2) is 11.4. The Kier molecular flexibility index (Phi) is 15.0. The van der Waals surface area contributed by atoms with Gasteiger partial charge in [-0.1, -0.05) is 32.3 Å². The van der Waals surface area contributed by atoms with E-state index < -0.39 is 20.9 Å². The molecule has 0 aromatic rings. The number of hydrogen-bond acceptors (Lipinski definition) is 3. The zero-order chi connectivity index (χ0) is 14.1. The second-order valence-corrected chi connectivity index (χ2v) is 6.59. The molecular weight excluding hydrogens is 261 g/mol. The average molecular weight is 289 g/mol. The Morgan fingerprint density at radius 1 is 1.44 bits per heavy atom. The van der Waals surface area contributed by atoms with Crippen LogP contribution in [-0.2, 0) is 10.1 Å². The molecule has 0 saturated heterocycles. The molecule has 0 aromatic heterocycles. The number of hydrogen-bond donors (Lipinski definition) is 2. The number of allylic oxidation sites excluding steroid dienone is 1. The molecule has 1 unspecified atom stereocenters. The van der Waals surface area contributed by atoms with E-state index in [2.05, 4.69) is 13.5 Å². The maximum atomic E-state index is 11.0. The summed E-state index contributed by atoms with van der Waals surface area (Å²) in [5, 5.41) is 0. The zero-order valence-corrected chi connectivity index (χ0v) is 15.3. The SMILES string of the molecule is C=CC.CCCCCC(N)C(C)(C)S(=O)(=O)O.[H-].[Na+]. The summed E-state index contributed by atoms with van der Waals surface area (Å²) >= 11 is 0. The Balaban J connectivity index is -0.000000204. The molecule has 0 aliphatic heterocycles. The van der Waals surface area contributed by atoms with Crippen LogP contribution in [0.25, 0.3) is 0 Å². The van der Waals surface area contributed by atoms with E-state index in [4.69, 9.17) is 10.3 Å². The molecule has 0 saturated carbocycles. The second-order valence-electron chi connectivity index (χ2n) is 4.59. The molecule has 18 heavy (non-hydrogen) atoms. The van der Waals surface area contributed by atoms with Gasteiger partial charge in [0.15, 0.2) is 0 Å². The first-order valence-corrected chi connectivity index (χ1v) is 7.38. The van der Waals surface area contributed by atoms with Gasteiger partial charge in [-0.2, -0.15) is 8.42 Å². The molecule has 0 aliphatic rings. The van der Waals surface area contributed by atoms with Crippen LogP contribution in [0.5, 0.6) is 0 Å². The van der Waals surface area contributed by atoms with E-state index >= 15 is 0 Å². The minimum absolute atomic E-state index is 0. The van der Waals surface area contributed by atoms with Crippen molar-refractivity contribution in [1.82, 2.24) is 0 Å². The van der Waals surface area contributed by atoms with Crippen LogP contribution in [0, 0.1) is 0 Å². The van der Waals surface area contributed by atoms with Crippen LogP contribution < -0.4 is 35.3 Å². The summed E-state index contributed by atoms with van der Waals surface area (Å²) in [4.78, 5) is 0. The fourth-order valence-electron chi connectivity index (χ4n) is 1.15. The van der Waals surface area contributed by atoms with E-state index in [-0.39, 0.29) is 31.0 Å². The van der Waals surface area contributed by atoms with E-state index in [0.29, 0.717) is 6.42 Å². The third kappa shape index (κ3) is 9.53. The number of nitrogens with two attached hydrogens (primary N) is 1. The Morgan fingerprint density at radius 2 is 1.83 bits per heavy atom. The first-order chi connectivity index (χ1) is 7.65. The van der Waals surface area contributed by atoms with Crippen molar-refractivity contribution in [3.8, 4) is 0 Å². The van der Waals surface area contributed by atoms with Gasteiger partial charge in [-0.25, -0.2) is 0 Å². The molecule has 1 atom stereocenters. The van der Waals surface area contributed by atoms with Crippen molar-refractivity contribution in [2.24, 2.45) is 5.73 Å². The predicted octanol–water partition coefficient (Wildman–Crippen LogP) is -0.131. The summed E-state index contributed by atoms with van der Waals surface area (Å²) < 4.78 is 29.7. The van der Waals surface area contributed by atoms with Crippen molar-refractivity contribution in [2.45, 2.75) is 64.2 Å². The molecule has 0 fully saturated rings. The van der Waals surface area contributed by atoms with Gasteiger partial charge in [0.2, 0.25) is 0 Å². The summed E-state index contributed by atoms with van der Waals surface area (Å²) in [5.41, 5.74) is 5.74. The van der Waals surface area contributed by atoms with Gasteiger partial charge in [-0.15, -0.1) is 6.58 Å². The first-order valence-electron chi connectivity index (χ1n) is 5.94. The fraction of sp³-hybridized carbons (Fsp3) is 0.833. The molecule has 0 amide bonds. The molecule has 0 radical (unpaired) electrons. The third-order valence-corrected chi connectivity index (χ3v) is 4.31. The molecule has 0 heterocycles. The minimum atomic E-state index is -4.06. The number of rotatable bonds is 6. The predicted molar refractivity (Wildman–Crippen MR) is 74.7 cm³/mol. The monoisotopic (exact) mass is 289 g/mol. The molecule has 0 aromatic carbocycles. The van der Waals surface area contributed by atoms with E-state index in [0.717, 1.165) is 19.3 Å². The molecule has 0 rings (SSSR count). The van der Waals surface area contributed by atoms with Gasteiger partial charge in [0.25, 0.3) is 10.1 Å². The van der Waals surface area contributed by atoms with Crippen molar-refractivity contribution in [1.29, 1.82) is 0 Å². The largest absolute Gasteiger partial charge is 1.00 e. The molecular formula is C12H28NNaO3S. The first kappa shape index (κ1) is 23.7. The smallest absolute Gasteiger partial charge is 1.00 e. The Morgan fingerprint density at radius 3 is 2.11 bits per heavy atom. The van der Waals surface area contributed by atoms with Crippen molar-refractivity contribution in [2.75, 3.05) is 0 Å². The normalized spacial score (nSPS) is 12.8. The van der Waals surface area contributed by atoms with Crippen LogP contribution in [0.2, 0.25) is 0 Å². The standard InChI is InChI=1S/C9H21NO3S.C3H6.Na.H/c1-4-5-6-7-8(10)9(2,3)14(11,12)13;1-3-2;;/h8H,4-7,10H2,1-3H3,(H,11,12,13);3H,1H2,2H3;;/q;;+1;-1. The summed E-state index contributed by atoms with van der Waals surface area (Å²) in [7, 11) is -4.06. The Labute approximate surface area is 136 Å². The molecule has 4 nitrogen and oxygen atoms in total. The maximum Gasteiger partial charge on any atom is 1.00 e. The number of unbranched alkanes of at least 4 members (excludes halogenated alkanes) is 2. The van der Waals surface area contributed by atoms with E-state index in [1.165, 1.54) is 13.8 Å². The zero-order valence-electron chi connectivity index (χ0n) is 13.4. The molecule has 6 heteroatoms. The quantitative estimate of drug-likeness (QED) is 0.309. The van der Waals surface area contributed by atoms with Crippen molar-refractivity contribution >= 4 is 10.1 Å². The van der Waals surface area contributed by atoms with Crippen LogP contribution in [0.3, 0.4) is 0 Å². The van der Waals surface area contributed by atoms with Crippen LogP contribution in [0.15, 0.2) is 12.7 Å². The summed E-state index contributed by atoms with van der Waals surface area (Å²) in [6.07, 6.45) is 5.38. The van der Waals surface area contributed by atoms with Gasteiger partial charge in [0.05, 0.1) is 0 Å². The summed E-state index contributed by atoms with van der Waals surface area (Å²) in [5.74, 6) is 0. The van der Waals surface area contributed by atoms with Gasteiger partial charge >= 0.3 is 29.6 Å². The maximum absolute atomic E-state index is 11.0. The molecule has 106 valence electrons. The van der Waals surface area contributed by atoms with Gasteiger partial charge in [0, 0.05) is 6.04 Å². The topological polar surface area (TPSA) is 80.4 Å².